The minimum absolute atomic E-state index is 0. The van der Waals surface area contributed by atoms with E-state index >= 15 is 0 Å². The maximum absolute atomic E-state index is 12.9. The van der Waals surface area contributed by atoms with Gasteiger partial charge in [0.2, 0.25) is 0 Å². The molecule has 2 aromatic rings. The lowest BCUT2D eigenvalue weighted by Gasteiger charge is -2.17. The van der Waals surface area contributed by atoms with Crippen molar-refractivity contribution in [2.45, 2.75) is 38.5 Å². The number of rotatable bonds is 8. The molecule has 0 radical (unpaired) electrons. The van der Waals surface area contributed by atoms with Gasteiger partial charge in [0, 0.05) is 25.5 Å². The summed E-state index contributed by atoms with van der Waals surface area (Å²) in [7, 11) is 0. The molecule has 0 fully saturated rings. The van der Waals surface area contributed by atoms with Crippen LogP contribution >= 0.6 is 24.0 Å². The number of aliphatic imine (C=N–C) groups is 1. The Bertz CT molecular complexity index is 787. The summed E-state index contributed by atoms with van der Waals surface area (Å²) in [5.41, 5.74) is 0.754. The number of hydrogen-bond acceptors (Lipinski definition) is 3. The summed E-state index contributed by atoms with van der Waals surface area (Å²) >= 11 is 0. The number of benzene rings is 1. The van der Waals surface area contributed by atoms with E-state index in [1.165, 1.54) is 12.1 Å². The molecule has 5 nitrogen and oxygen atoms in total. The normalized spacial score (nSPS) is 13.9. The van der Waals surface area contributed by atoms with Crippen molar-refractivity contribution < 1.29 is 18.3 Å². The predicted molar refractivity (Wildman–Crippen MR) is 123 cm³/mol. The zero-order valence-corrected chi connectivity index (χ0v) is 19.3. The first-order chi connectivity index (χ1) is 13.8. The number of guanidine groups is 1. The minimum Gasteiger partial charge on any atom is -0.386 e. The standard InChI is InChI=1S/C21H27F3N4O.HI/c1-3-26-20(28-14-19(29)16-8-10-25-11-9-16)27-12-7-15(2)17-5-4-6-18(13-17)21(22,23)24;/h4-6,8-11,13,15,19,29H,3,7,12,14H2,1-2H3,(H2,26,27,28);1H. The van der Waals surface area contributed by atoms with E-state index in [0.717, 1.165) is 11.6 Å². The average Bonchev–Trinajstić information content (AvgIpc) is 2.71. The second-order valence-corrected chi connectivity index (χ2v) is 6.76. The van der Waals surface area contributed by atoms with Gasteiger partial charge in [-0.15, -0.1) is 24.0 Å². The van der Waals surface area contributed by atoms with Crippen LogP contribution in [0.4, 0.5) is 13.2 Å². The summed E-state index contributed by atoms with van der Waals surface area (Å²) in [5, 5.41) is 16.5. The van der Waals surface area contributed by atoms with Crippen LogP contribution in [-0.4, -0.2) is 35.7 Å². The summed E-state index contributed by atoms with van der Waals surface area (Å²) in [6.45, 7) is 5.20. The molecule has 0 aliphatic carbocycles. The SMILES string of the molecule is CCNC(=NCC(O)c1ccncc1)NCCC(C)c1cccc(C(F)(F)F)c1.I. The fourth-order valence-corrected chi connectivity index (χ4v) is 2.81. The number of hydrogen-bond donors (Lipinski definition) is 3. The number of alkyl halides is 3. The number of nitrogens with one attached hydrogen (secondary N) is 2. The maximum atomic E-state index is 12.9. The molecule has 0 amide bonds. The van der Waals surface area contributed by atoms with Crippen LogP contribution in [0.1, 0.15) is 49.0 Å². The van der Waals surface area contributed by atoms with E-state index in [1.54, 1.807) is 30.6 Å². The van der Waals surface area contributed by atoms with Gasteiger partial charge in [-0.3, -0.25) is 9.98 Å². The van der Waals surface area contributed by atoms with Crippen LogP contribution in [0.3, 0.4) is 0 Å². The van der Waals surface area contributed by atoms with Crippen LogP contribution in [0.15, 0.2) is 53.8 Å². The van der Waals surface area contributed by atoms with Crippen molar-refractivity contribution in [3.05, 3.63) is 65.5 Å². The fourth-order valence-electron chi connectivity index (χ4n) is 2.81. The van der Waals surface area contributed by atoms with Crippen LogP contribution in [-0.2, 0) is 6.18 Å². The summed E-state index contributed by atoms with van der Waals surface area (Å²) in [6, 6.07) is 8.90. The highest BCUT2D eigenvalue weighted by atomic mass is 127. The van der Waals surface area contributed by atoms with Crippen molar-refractivity contribution in [3.8, 4) is 0 Å². The number of aliphatic hydroxyl groups is 1. The van der Waals surface area contributed by atoms with Gasteiger partial charge in [-0.05, 0) is 48.6 Å². The first kappa shape index (κ1) is 26.2. The van der Waals surface area contributed by atoms with Crippen molar-refractivity contribution in [1.82, 2.24) is 15.6 Å². The second kappa shape index (κ2) is 12.7. The molecule has 0 saturated carbocycles. The molecule has 2 atom stereocenters. The largest absolute Gasteiger partial charge is 0.416 e. The van der Waals surface area contributed by atoms with Gasteiger partial charge >= 0.3 is 6.18 Å². The summed E-state index contributed by atoms with van der Waals surface area (Å²) in [4.78, 5) is 8.30. The molecule has 0 saturated heterocycles. The minimum atomic E-state index is -4.34. The highest BCUT2D eigenvalue weighted by Crippen LogP contribution is 2.31. The van der Waals surface area contributed by atoms with Crippen molar-refractivity contribution in [3.63, 3.8) is 0 Å². The Hall–Kier alpha value is -1.88. The van der Waals surface area contributed by atoms with E-state index < -0.39 is 17.8 Å². The lowest BCUT2D eigenvalue weighted by molar-refractivity contribution is -0.137. The Kier molecular flexibility index (Phi) is 11.1. The molecule has 30 heavy (non-hydrogen) atoms. The van der Waals surface area contributed by atoms with E-state index in [0.29, 0.717) is 31.0 Å². The number of pyridine rings is 1. The third-order valence-corrected chi connectivity index (χ3v) is 4.51. The molecule has 1 aromatic carbocycles. The van der Waals surface area contributed by atoms with E-state index in [9.17, 15) is 18.3 Å². The number of halogens is 4. The number of aromatic nitrogens is 1. The Morgan fingerprint density at radius 3 is 2.47 bits per heavy atom. The van der Waals surface area contributed by atoms with E-state index in [2.05, 4.69) is 20.6 Å². The van der Waals surface area contributed by atoms with Crippen molar-refractivity contribution in [2.24, 2.45) is 4.99 Å². The van der Waals surface area contributed by atoms with Crippen LogP contribution in [0.25, 0.3) is 0 Å². The lowest BCUT2D eigenvalue weighted by atomic mass is 9.96. The second-order valence-electron chi connectivity index (χ2n) is 6.76. The smallest absolute Gasteiger partial charge is 0.386 e. The van der Waals surface area contributed by atoms with E-state index in [-0.39, 0.29) is 36.4 Å². The molecule has 2 unspecified atom stereocenters. The van der Waals surface area contributed by atoms with Crippen molar-refractivity contribution >= 4 is 29.9 Å². The highest BCUT2D eigenvalue weighted by molar-refractivity contribution is 14.0. The van der Waals surface area contributed by atoms with Crippen molar-refractivity contribution in [2.75, 3.05) is 19.6 Å². The third-order valence-electron chi connectivity index (χ3n) is 4.51. The van der Waals surface area contributed by atoms with Gasteiger partial charge in [0.15, 0.2) is 5.96 Å². The molecule has 3 N–H and O–H groups in total. The Balaban J connectivity index is 0.00000450. The van der Waals surface area contributed by atoms with Crippen molar-refractivity contribution in [1.29, 1.82) is 0 Å². The molecule has 166 valence electrons. The zero-order valence-electron chi connectivity index (χ0n) is 17.0. The molecule has 1 aromatic heterocycles. The van der Waals surface area contributed by atoms with Crippen LogP contribution in [0, 0.1) is 0 Å². The Morgan fingerprint density at radius 1 is 1.13 bits per heavy atom. The van der Waals surface area contributed by atoms with Gasteiger partial charge in [-0.1, -0.05) is 25.1 Å². The molecule has 2 rings (SSSR count). The molecule has 1 heterocycles. The Labute approximate surface area is 192 Å². The Morgan fingerprint density at radius 2 is 1.83 bits per heavy atom. The molecular weight excluding hydrogens is 508 g/mol. The van der Waals surface area contributed by atoms with Crippen LogP contribution in [0.2, 0.25) is 0 Å². The highest BCUT2D eigenvalue weighted by Gasteiger charge is 2.30. The van der Waals surface area contributed by atoms with Gasteiger partial charge in [0.05, 0.1) is 18.2 Å². The van der Waals surface area contributed by atoms with Gasteiger partial charge in [-0.25, -0.2) is 0 Å². The van der Waals surface area contributed by atoms with E-state index in [4.69, 9.17) is 0 Å². The van der Waals surface area contributed by atoms with Crippen LogP contribution in [0.5, 0.6) is 0 Å². The zero-order chi connectivity index (χ0) is 21.3. The maximum Gasteiger partial charge on any atom is 0.416 e. The molecular formula is C21H28F3IN4O. The molecule has 0 spiro atoms. The van der Waals surface area contributed by atoms with Gasteiger partial charge in [0.1, 0.15) is 0 Å². The monoisotopic (exact) mass is 536 g/mol. The first-order valence-electron chi connectivity index (χ1n) is 9.58. The topological polar surface area (TPSA) is 69.5 Å². The van der Waals surface area contributed by atoms with E-state index in [1.807, 2.05) is 13.8 Å². The quantitative estimate of drug-likeness (QED) is 0.264. The predicted octanol–water partition coefficient (Wildman–Crippen LogP) is 4.50. The summed E-state index contributed by atoms with van der Waals surface area (Å²) in [6.07, 6.45) is -1.22. The number of nitrogens with zero attached hydrogens (tertiary/aromatic N) is 2. The molecule has 9 heteroatoms. The summed E-state index contributed by atoms with van der Waals surface area (Å²) in [5.74, 6) is 0.506. The molecule has 0 aliphatic rings. The average molecular weight is 536 g/mol. The van der Waals surface area contributed by atoms with Crippen LogP contribution < -0.4 is 10.6 Å². The third kappa shape index (κ3) is 8.47. The lowest BCUT2D eigenvalue weighted by Crippen LogP contribution is -2.38. The summed E-state index contributed by atoms with van der Waals surface area (Å²) < 4.78 is 38.7. The van der Waals surface area contributed by atoms with Gasteiger partial charge in [0.25, 0.3) is 0 Å². The number of aliphatic hydroxyl groups excluding tert-OH is 1. The van der Waals surface area contributed by atoms with Gasteiger partial charge < -0.3 is 15.7 Å². The fraction of sp³-hybridized carbons (Fsp3) is 0.429. The first-order valence-corrected chi connectivity index (χ1v) is 9.58. The van der Waals surface area contributed by atoms with Gasteiger partial charge in [-0.2, -0.15) is 13.2 Å². The molecule has 0 bridgehead atoms. The molecule has 0 aliphatic heterocycles.